The van der Waals surface area contributed by atoms with E-state index in [0.29, 0.717) is 18.7 Å². The number of amides is 1. The molecular weight excluding hydrogens is 252 g/mol. The first-order valence-corrected chi connectivity index (χ1v) is 6.26. The molecule has 2 rings (SSSR count). The standard InChI is InChI=1S/C15H16N4O/c1-11-14(10-18-19-11)15(20)17-9-13-6-4-12(5-7-13)3-2-8-16/h4-7,10H,8-9,16H2,1H3,(H,17,20)(H,18,19). The summed E-state index contributed by atoms with van der Waals surface area (Å²) in [6, 6.07) is 7.69. The van der Waals surface area contributed by atoms with Crippen LogP contribution in [0.25, 0.3) is 0 Å². The maximum absolute atomic E-state index is 11.9. The molecule has 1 amide bonds. The van der Waals surface area contributed by atoms with Gasteiger partial charge in [0.2, 0.25) is 0 Å². The quantitative estimate of drug-likeness (QED) is 0.725. The van der Waals surface area contributed by atoms with Gasteiger partial charge in [-0.15, -0.1) is 0 Å². The number of hydrogen-bond donors (Lipinski definition) is 3. The Morgan fingerprint density at radius 2 is 2.15 bits per heavy atom. The van der Waals surface area contributed by atoms with Crippen molar-refractivity contribution in [2.45, 2.75) is 13.5 Å². The highest BCUT2D eigenvalue weighted by Gasteiger charge is 2.09. The summed E-state index contributed by atoms with van der Waals surface area (Å²) in [5, 5.41) is 9.41. The number of nitrogens with one attached hydrogen (secondary N) is 2. The van der Waals surface area contributed by atoms with Crippen LogP contribution in [0, 0.1) is 18.8 Å². The molecule has 0 saturated carbocycles. The number of carbonyl (C=O) groups is 1. The van der Waals surface area contributed by atoms with Crippen LogP contribution >= 0.6 is 0 Å². The highest BCUT2D eigenvalue weighted by atomic mass is 16.1. The molecule has 1 heterocycles. The van der Waals surface area contributed by atoms with Crippen molar-refractivity contribution in [3.8, 4) is 11.8 Å². The van der Waals surface area contributed by atoms with E-state index in [1.807, 2.05) is 31.2 Å². The van der Waals surface area contributed by atoms with Crippen molar-refractivity contribution in [1.29, 1.82) is 0 Å². The minimum absolute atomic E-state index is 0.136. The first-order chi connectivity index (χ1) is 9.70. The Morgan fingerprint density at radius 1 is 1.40 bits per heavy atom. The Balaban J connectivity index is 1.94. The first kappa shape index (κ1) is 13.8. The summed E-state index contributed by atoms with van der Waals surface area (Å²) in [6.45, 7) is 2.63. The van der Waals surface area contributed by atoms with E-state index < -0.39 is 0 Å². The number of carbonyl (C=O) groups excluding carboxylic acids is 1. The summed E-state index contributed by atoms with van der Waals surface area (Å²) in [5.41, 5.74) is 8.57. The number of aromatic amines is 1. The van der Waals surface area contributed by atoms with E-state index in [1.165, 1.54) is 6.20 Å². The second-order valence-corrected chi connectivity index (χ2v) is 4.29. The van der Waals surface area contributed by atoms with Crippen molar-refractivity contribution in [2.24, 2.45) is 5.73 Å². The van der Waals surface area contributed by atoms with E-state index >= 15 is 0 Å². The monoisotopic (exact) mass is 268 g/mol. The van der Waals surface area contributed by atoms with Gasteiger partial charge >= 0.3 is 0 Å². The molecule has 0 fully saturated rings. The van der Waals surface area contributed by atoms with Gasteiger partial charge in [-0.3, -0.25) is 9.89 Å². The summed E-state index contributed by atoms with van der Waals surface area (Å²) in [6.07, 6.45) is 1.52. The van der Waals surface area contributed by atoms with Gasteiger partial charge in [-0.1, -0.05) is 24.0 Å². The largest absolute Gasteiger partial charge is 0.348 e. The molecule has 5 heteroatoms. The van der Waals surface area contributed by atoms with Crippen molar-refractivity contribution in [2.75, 3.05) is 6.54 Å². The van der Waals surface area contributed by atoms with Gasteiger partial charge in [-0.25, -0.2) is 0 Å². The van der Waals surface area contributed by atoms with E-state index in [-0.39, 0.29) is 5.91 Å². The van der Waals surface area contributed by atoms with Crippen LogP contribution in [0.3, 0.4) is 0 Å². The molecule has 2 aromatic rings. The molecule has 0 radical (unpaired) electrons. The SMILES string of the molecule is Cc1[nH]ncc1C(=O)NCc1ccc(C#CCN)cc1. The Kier molecular flexibility index (Phi) is 4.53. The molecule has 0 unspecified atom stereocenters. The predicted molar refractivity (Wildman–Crippen MR) is 76.9 cm³/mol. The summed E-state index contributed by atoms with van der Waals surface area (Å²) in [4.78, 5) is 11.9. The summed E-state index contributed by atoms with van der Waals surface area (Å²) in [5.74, 6) is 5.61. The van der Waals surface area contributed by atoms with Gasteiger partial charge in [-0.2, -0.15) is 5.10 Å². The van der Waals surface area contributed by atoms with Crippen molar-refractivity contribution in [3.05, 3.63) is 52.8 Å². The Labute approximate surface area is 117 Å². The topological polar surface area (TPSA) is 83.8 Å². The van der Waals surface area contributed by atoms with Gasteiger partial charge in [0, 0.05) is 17.8 Å². The second-order valence-electron chi connectivity index (χ2n) is 4.29. The smallest absolute Gasteiger partial charge is 0.255 e. The van der Waals surface area contributed by atoms with Crippen molar-refractivity contribution >= 4 is 5.91 Å². The lowest BCUT2D eigenvalue weighted by Gasteiger charge is -2.04. The van der Waals surface area contributed by atoms with E-state index in [9.17, 15) is 4.79 Å². The Hall–Kier alpha value is -2.58. The number of H-pyrrole nitrogens is 1. The average molecular weight is 268 g/mol. The van der Waals surface area contributed by atoms with E-state index in [0.717, 1.165) is 16.8 Å². The molecule has 1 aromatic carbocycles. The number of aryl methyl sites for hydroxylation is 1. The fourth-order valence-corrected chi connectivity index (χ4v) is 1.72. The average Bonchev–Trinajstić information content (AvgIpc) is 2.90. The van der Waals surface area contributed by atoms with Crippen LogP contribution in [-0.2, 0) is 6.54 Å². The number of nitrogens with two attached hydrogens (primary N) is 1. The lowest BCUT2D eigenvalue weighted by Crippen LogP contribution is -2.23. The van der Waals surface area contributed by atoms with Crippen LogP contribution in [0.15, 0.2) is 30.5 Å². The van der Waals surface area contributed by atoms with Gasteiger partial charge in [0.15, 0.2) is 0 Å². The zero-order chi connectivity index (χ0) is 14.4. The minimum atomic E-state index is -0.136. The number of rotatable bonds is 3. The van der Waals surface area contributed by atoms with Crippen LogP contribution in [0.1, 0.15) is 27.2 Å². The molecule has 20 heavy (non-hydrogen) atoms. The third-order valence-electron chi connectivity index (χ3n) is 2.82. The predicted octanol–water partition coefficient (Wildman–Crippen LogP) is 0.958. The summed E-state index contributed by atoms with van der Waals surface area (Å²) < 4.78 is 0. The molecular formula is C15H16N4O. The van der Waals surface area contributed by atoms with E-state index in [1.54, 1.807) is 0 Å². The molecule has 1 aromatic heterocycles. The molecule has 0 aliphatic heterocycles. The number of nitrogens with zero attached hydrogens (tertiary/aromatic N) is 1. The van der Waals surface area contributed by atoms with Gasteiger partial charge in [-0.05, 0) is 24.6 Å². The van der Waals surface area contributed by atoms with Crippen molar-refractivity contribution in [1.82, 2.24) is 15.5 Å². The van der Waals surface area contributed by atoms with Crippen LogP contribution < -0.4 is 11.1 Å². The maximum atomic E-state index is 11.9. The van der Waals surface area contributed by atoms with Crippen LogP contribution in [-0.4, -0.2) is 22.6 Å². The highest BCUT2D eigenvalue weighted by Crippen LogP contribution is 2.05. The third-order valence-corrected chi connectivity index (χ3v) is 2.82. The fourth-order valence-electron chi connectivity index (χ4n) is 1.72. The molecule has 0 aliphatic carbocycles. The number of hydrogen-bond acceptors (Lipinski definition) is 3. The van der Waals surface area contributed by atoms with Gasteiger partial charge in [0.05, 0.1) is 18.3 Å². The van der Waals surface area contributed by atoms with Gasteiger partial charge < -0.3 is 11.1 Å². The van der Waals surface area contributed by atoms with Crippen LogP contribution in [0.4, 0.5) is 0 Å². The van der Waals surface area contributed by atoms with E-state index in [4.69, 9.17) is 5.73 Å². The van der Waals surface area contributed by atoms with Crippen molar-refractivity contribution < 1.29 is 4.79 Å². The molecule has 0 spiro atoms. The maximum Gasteiger partial charge on any atom is 0.255 e. The molecule has 102 valence electrons. The molecule has 0 saturated heterocycles. The number of aromatic nitrogens is 2. The lowest BCUT2D eigenvalue weighted by molar-refractivity contribution is 0.0950. The van der Waals surface area contributed by atoms with Gasteiger partial charge in [0.25, 0.3) is 5.91 Å². The highest BCUT2D eigenvalue weighted by molar-refractivity contribution is 5.94. The van der Waals surface area contributed by atoms with E-state index in [2.05, 4.69) is 27.4 Å². The molecule has 0 atom stereocenters. The minimum Gasteiger partial charge on any atom is -0.348 e. The van der Waals surface area contributed by atoms with Crippen molar-refractivity contribution in [3.63, 3.8) is 0 Å². The fraction of sp³-hybridized carbons (Fsp3) is 0.200. The Bertz CT molecular complexity index is 647. The summed E-state index contributed by atoms with van der Waals surface area (Å²) in [7, 11) is 0. The number of benzene rings is 1. The third kappa shape index (κ3) is 3.46. The molecule has 0 aliphatic rings. The molecule has 4 N–H and O–H groups in total. The normalized spacial score (nSPS) is 9.70. The van der Waals surface area contributed by atoms with Crippen LogP contribution in [0.2, 0.25) is 0 Å². The zero-order valence-corrected chi connectivity index (χ0v) is 11.2. The lowest BCUT2D eigenvalue weighted by atomic mass is 10.1. The first-order valence-electron chi connectivity index (χ1n) is 6.26. The van der Waals surface area contributed by atoms with Gasteiger partial charge in [0.1, 0.15) is 0 Å². The summed E-state index contributed by atoms with van der Waals surface area (Å²) >= 11 is 0. The zero-order valence-electron chi connectivity index (χ0n) is 11.2. The Morgan fingerprint density at radius 3 is 2.75 bits per heavy atom. The van der Waals surface area contributed by atoms with Crippen LogP contribution in [0.5, 0.6) is 0 Å². The second kappa shape index (κ2) is 6.55. The molecule has 0 bridgehead atoms. The molecule has 5 nitrogen and oxygen atoms in total.